The zero-order valence-corrected chi connectivity index (χ0v) is 25.0. The Hall–Kier alpha value is -3.34. The summed E-state index contributed by atoms with van der Waals surface area (Å²) in [5.74, 6) is 0.830. The predicted molar refractivity (Wildman–Crippen MR) is 163 cm³/mol. The minimum absolute atomic E-state index is 0.0107. The zero-order chi connectivity index (χ0) is 29.4. The monoisotopic (exact) mass is 578 g/mol. The van der Waals surface area contributed by atoms with Crippen LogP contribution in [0.4, 0.5) is 0 Å². The van der Waals surface area contributed by atoms with Gasteiger partial charge in [0, 0.05) is 63.8 Å². The molecule has 1 aromatic carbocycles. The number of allylic oxidation sites excluding steroid dienone is 2. The molecule has 3 N–H and O–H groups in total. The lowest BCUT2D eigenvalue weighted by Crippen LogP contribution is -2.56. The lowest BCUT2D eigenvalue weighted by molar-refractivity contribution is -0.133. The van der Waals surface area contributed by atoms with Crippen molar-refractivity contribution >= 4 is 12.2 Å². The van der Waals surface area contributed by atoms with Crippen molar-refractivity contribution in [3.8, 4) is 0 Å². The van der Waals surface area contributed by atoms with Crippen molar-refractivity contribution in [1.82, 2.24) is 25.3 Å². The van der Waals surface area contributed by atoms with E-state index in [-0.39, 0.29) is 37.3 Å². The Kier molecular flexibility index (Phi) is 10.2. The Morgan fingerprint density at radius 2 is 2.12 bits per heavy atom. The Labute approximate surface area is 249 Å². The summed E-state index contributed by atoms with van der Waals surface area (Å²) in [7, 11) is 1.63. The molecule has 1 unspecified atom stereocenters. The first-order chi connectivity index (χ1) is 20.4. The van der Waals surface area contributed by atoms with Crippen LogP contribution < -0.4 is 10.6 Å². The average molecular weight is 579 g/mol. The molecular formula is C32H46N6O4. The van der Waals surface area contributed by atoms with Gasteiger partial charge in [-0.2, -0.15) is 0 Å². The summed E-state index contributed by atoms with van der Waals surface area (Å²) < 4.78 is 11.5. The minimum Gasteiger partial charge on any atom is -0.492 e. The standard InChI is InChI=1S/C32H46N6O4/c1-25-20-36-22-28(11-12-30(36)35-25)42-17-13-27-18-33-15-16-38(27)31(39)19-34-24-37(21-26-8-4-3-5-9-26)29-10-6-7-14-32(29,40)23-41-2/h3-5,8-9,11-12,20,22,24,27,29-30,33,35,40H,6-7,10,13-19,21,23H2,1-2H3/t27-,29-,30?,32-/m1/s1. The highest BCUT2D eigenvalue weighted by atomic mass is 16.5. The summed E-state index contributed by atoms with van der Waals surface area (Å²) in [5, 5.41) is 18.3. The van der Waals surface area contributed by atoms with Crippen molar-refractivity contribution in [3.63, 3.8) is 0 Å². The van der Waals surface area contributed by atoms with Crippen LogP contribution in [0.1, 0.15) is 44.6 Å². The summed E-state index contributed by atoms with van der Waals surface area (Å²) in [6.45, 7) is 5.67. The van der Waals surface area contributed by atoms with Gasteiger partial charge in [-0.05, 0) is 37.5 Å². The maximum Gasteiger partial charge on any atom is 0.244 e. The van der Waals surface area contributed by atoms with Gasteiger partial charge in [0.05, 0.1) is 25.6 Å². The number of benzene rings is 1. The number of rotatable bonds is 12. The summed E-state index contributed by atoms with van der Waals surface area (Å²) in [5.41, 5.74) is 1.30. The highest BCUT2D eigenvalue weighted by molar-refractivity contribution is 5.80. The van der Waals surface area contributed by atoms with Gasteiger partial charge < -0.3 is 39.9 Å². The van der Waals surface area contributed by atoms with Gasteiger partial charge >= 0.3 is 0 Å². The fourth-order valence-electron chi connectivity index (χ4n) is 6.47. The highest BCUT2D eigenvalue weighted by Gasteiger charge is 2.42. The quantitative estimate of drug-likeness (QED) is 0.257. The summed E-state index contributed by atoms with van der Waals surface area (Å²) in [6, 6.07) is 10.1. The van der Waals surface area contributed by atoms with E-state index in [0.29, 0.717) is 26.1 Å². The third-order valence-electron chi connectivity index (χ3n) is 8.57. The molecule has 5 rings (SSSR count). The number of piperazine rings is 1. The number of fused-ring (bicyclic) bond motifs is 1. The third-order valence-corrected chi connectivity index (χ3v) is 8.57. The van der Waals surface area contributed by atoms with Crippen molar-refractivity contribution in [2.75, 3.05) is 46.5 Å². The maximum atomic E-state index is 13.4. The second kappa shape index (κ2) is 14.2. The number of hydrogen-bond acceptors (Lipinski definition) is 8. The summed E-state index contributed by atoms with van der Waals surface area (Å²) in [4.78, 5) is 24.2. The molecule has 0 radical (unpaired) electrons. The number of hydrogen-bond donors (Lipinski definition) is 3. The molecule has 2 fully saturated rings. The molecule has 0 aromatic heterocycles. The van der Waals surface area contributed by atoms with Gasteiger partial charge in [0.1, 0.15) is 24.1 Å². The zero-order valence-electron chi connectivity index (χ0n) is 25.0. The molecule has 3 heterocycles. The van der Waals surface area contributed by atoms with Crippen LogP contribution in [0.3, 0.4) is 0 Å². The molecule has 4 atom stereocenters. The first-order valence-electron chi connectivity index (χ1n) is 15.2. The number of amides is 1. The van der Waals surface area contributed by atoms with Crippen LogP contribution >= 0.6 is 0 Å². The van der Waals surface area contributed by atoms with Gasteiger partial charge in [-0.3, -0.25) is 9.79 Å². The smallest absolute Gasteiger partial charge is 0.244 e. The molecule has 0 bridgehead atoms. The van der Waals surface area contributed by atoms with Gasteiger partial charge in [-0.15, -0.1) is 0 Å². The molecule has 3 aliphatic heterocycles. The van der Waals surface area contributed by atoms with E-state index in [1.165, 1.54) is 0 Å². The second-order valence-electron chi connectivity index (χ2n) is 11.7. The van der Waals surface area contributed by atoms with Crippen molar-refractivity contribution in [2.45, 2.75) is 69.4 Å². The van der Waals surface area contributed by atoms with Crippen LogP contribution in [0.2, 0.25) is 0 Å². The van der Waals surface area contributed by atoms with E-state index in [0.717, 1.165) is 55.8 Å². The Bertz CT molecular complexity index is 1170. The number of carbonyl (C=O) groups excluding carboxylic acids is 1. The van der Waals surface area contributed by atoms with Gasteiger partial charge in [0.15, 0.2) is 0 Å². The van der Waals surface area contributed by atoms with E-state index < -0.39 is 5.60 Å². The van der Waals surface area contributed by atoms with Gasteiger partial charge in [0.2, 0.25) is 5.91 Å². The number of methoxy groups -OCH3 is 1. The molecular weight excluding hydrogens is 532 g/mol. The molecule has 42 heavy (non-hydrogen) atoms. The summed E-state index contributed by atoms with van der Waals surface area (Å²) in [6.07, 6.45) is 14.4. The van der Waals surface area contributed by atoms with Crippen LogP contribution in [0, 0.1) is 0 Å². The van der Waals surface area contributed by atoms with Crippen LogP contribution in [0.5, 0.6) is 0 Å². The molecule has 10 nitrogen and oxygen atoms in total. The number of aliphatic imine (C=N–C) groups is 1. The normalized spacial score (nSPS) is 27.4. The third kappa shape index (κ3) is 7.53. The molecule has 1 amide bonds. The van der Waals surface area contributed by atoms with E-state index in [2.05, 4.69) is 49.8 Å². The molecule has 10 heteroatoms. The lowest BCUT2D eigenvalue weighted by atomic mass is 9.80. The largest absolute Gasteiger partial charge is 0.492 e. The molecule has 228 valence electrons. The van der Waals surface area contributed by atoms with E-state index in [1.54, 1.807) is 13.4 Å². The van der Waals surface area contributed by atoms with Crippen molar-refractivity contribution in [1.29, 1.82) is 0 Å². The fraction of sp³-hybridized carbons (Fsp3) is 0.562. The van der Waals surface area contributed by atoms with Crippen LogP contribution in [-0.4, -0.2) is 102 Å². The van der Waals surface area contributed by atoms with E-state index in [9.17, 15) is 9.90 Å². The van der Waals surface area contributed by atoms with Crippen LogP contribution in [0.15, 0.2) is 71.3 Å². The number of nitrogens with zero attached hydrogens (tertiary/aromatic N) is 4. The Balaban J connectivity index is 1.19. The molecule has 1 saturated carbocycles. The Morgan fingerprint density at radius 1 is 1.26 bits per heavy atom. The molecule has 1 aromatic rings. The second-order valence-corrected chi connectivity index (χ2v) is 11.7. The number of carbonyl (C=O) groups is 1. The first-order valence-corrected chi connectivity index (χ1v) is 15.2. The van der Waals surface area contributed by atoms with E-state index >= 15 is 0 Å². The van der Waals surface area contributed by atoms with E-state index in [1.807, 2.05) is 42.3 Å². The highest BCUT2D eigenvalue weighted by Crippen LogP contribution is 2.33. The SMILES string of the molecule is COC[C@]1(O)CCCC[C@H]1N(C=NCC(=O)N1CCNC[C@H]1CCOC1=CN2C=C(C)NC2C=C1)Cc1ccccc1. The molecule has 4 aliphatic rings. The lowest BCUT2D eigenvalue weighted by Gasteiger charge is -2.45. The van der Waals surface area contributed by atoms with E-state index in [4.69, 9.17) is 9.47 Å². The number of ether oxygens (including phenoxy) is 2. The molecule has 0 spiro atoms. The first kappa shape index (κ1) is 30.1. The minimum atomic E-state index is -0.953. The molecule has 1 aliphatic carbocycles. The number of nitrogens with one attached hydrogen (secondary N) is 2. The number of aliphatic hydroxyl groups is 1. The maximum absolute atomic E-state index is 13.4. The van der Waals surface area contributed by atoms with Gasteiger partial charge in [-0.25, -0.2) is 0 Å². The van der Waals surface area contributed by atoms with Crippen molar-refractivity contribution < 1.29 is 19.4 Å². The van der Waals surface area contributed by atoms with Gasteiger partial charge in [0.25, 0.3) is 0 Å². The van der Waals surface area contributed by atoms with Crippen LogP contribution in [-0.2, 0) is 20.8 Å². The Morgan fingerprint density at radius 3 is 2.95 bits per heavy atom. The fourth-order valence-corrected chi connectivity index (χ4v) is 6.47. The molecule has 1 saturated heterocycles. The predicted octanol–water partition coefficient (Wildman–Crippen LogP) is 2.55. The topological polar surface area (TPSA) is 102 Å². The van der Waals surface area contributed by atoms with Crippen LogP contribution in [0.25, 0.3) is 0 Å². The summed E-state index contributed by atoms with van der Waals surface area (Å²) >= 11 is 0. The van der Waals surface area contributed by atoms with Gasteiger partial charge in [-0.1, -0.05) is 43.2 Å². The average Bonchev–Trinajstić information content (AvgIpc) is 3.37. The van der Waals surface area contributed by atoms with Crippen molar-refractivity contribution in [3.05, 3.63) is 71.9 Å². The van der Waals surface area contributed by atoms with Crippen molar-refractivity contribution in [2.24, 2.45) is 4.99 Å².